The van der Waals surface area contributed by atoms with E-state index in [0.29, 0.717) is 0 Å². The summed E-state index contributed by atoms with van der Waals surface area (Å²) in [5, 5.41) is 12.1. The number of ether oxygens (including phenoxy) is 1. The minimum absolute atomic E-state index is 0.0730. The van der Waals surface area contributed by atoms with Gasteiger partial charge in [0.2, 0.25) is 0 Å². The third-order valence-electron chi connectivity index (χ3n) is 5.08. The van der Waals surface area contributed by atoms with Crippen LogP contribution in [0.25, 0.3) is 5.69 Å². The molecule has 0 bridgehead atoms. The van der Waals surface area contributed by atoms with Gasteiger partial charge in [0.1, 0.15) is 5.60 Å². The van der Waals surface area contributed by atoms with E-state index < -0.39 is 0 Å². The van der Waals surface area contributed by atoms with Crippen LogP contribution in [0.2, 0.25) is 0 Å². The Labute approximate surface area is 149 Å². The molecule has 0 saturated carbocycles. The summed E-state index contributed by atoms with van der Waals surface area (Å²) >= 11 is 0. The number of nitrogens with one attached hydrogen (secondary N) is 2. The van der Waals surface area contributed by atoms with E-state index in [2.05, 4.69) is 52.5 Å². The number of nitrogens with zero attached hydrogens (tertiary/aromatic N) is 2. The van der Waals surface area contributed by atoms with Gasteiger partial charge in [-0.2, -0.15) is 0 Å². The lowest BCUT2D eigenvalue weighted by Crippen LogP contribution is -2.52. The van der Waals surface area contributed by atoms with E-state index in [-0.39, 0.29) is 17.2 Å². The summed E-state index contributed by atoms with van der Waals surface area (Å²) in [7, 11) is 0. The standard InChI is InChI=1S/C20H26N4O/c1-19(2,3)25-18(21)23-13-10-20(11-14-23)17-9-6-12-24(17)16-8-5-4-7-15(16)22-20/h4-9,12,21-22H,10-11,13-14H2,1-3H3. The Balaban J connectivity index is 1.57. The third-order valence-corrected chi connectivity index (χ3v) is 5.08. The fourth-order valence-electron chi connectivity index (χ4n) is 3.92. The molecular weight excluding hydrogens is 312 g/mol. The van der Waals surface area contributed by atoms with Gasteiger partial charge >= 0.3 is 0 Å². The molecule has 0 unspecified atom stereocenters. The van der Waals surface area contributed by atoms with Gasteiger partial charge < -0.3 is 19.5 Å². The number of likely N-dealkylation sites (tertiary alicyclic amines) is 1. The molecule has 2 aliphatic rings. The highest BCUT2D eigenvalue weighted by atomic mass is 16.5. The van der Waals surface area contributed by atoms with E-state index in [1.54, 1.807) is 0 Å². The van der Waals surface area contributed by atoms with Gasteiger partial charge in [0, 0.05) is 25.0 Å². The minimum Gasteiger partial charge on any atom is -0.460 e. The van der Waals surface area contributed by atoms with Crippen LogP contribution in [0.15, 0.2) is 42.6 Å². The van der Waals surface area contributed by atoms with Gasteiger partial charge in [-0.25, -0.2) is 0 Å². The number of para-hydroxylation sites is 2. The van der Waals surface area contributed by atoms with E-state index in [4.69, 9.17) is 10.1 Å². The molecule has 4 rings (SSSR count). The number of benzene rings is 1. The zero-order valence-electron chi connectivity index (χ0n) is 15.2. The molecule has 5 nitrogen and oxygen atoms in total. The van der Waals surface area contributed by atoms with Crippen molar-refractivity contribution in [3.63, 3.8) is 0 Å². The van der Waals surface area contributed by atoms with E-state index in [9.17, 15) is 0 Å². The molecule has 2 aromatic rings. The highest BCUT2D eigenvalue weighted by Gasteiger charge is 2.42. The molecule has 2 aliphatic heterocycles. The quantitative estimate of drug-likeness (QED) is 0.565. The van der Waals surface area contributed by atoms with Gasteiger partial charge in [-0.3, -0.25) is 5.41 Å². The number of hydrogen-bond donors (Lipinski definition) is 2. The topological polar surface area (TPSA) is 53.3 Å². The van der Waals surface area contributed by atoms with Crippen LogP contribution in [0.4, 0.5) is 5.69 Å². The number of piperidine rings is 1. The molecule has 0 amide bonds. The van der Waals surface area contributed by atoms with E-state index in [1.165, 1.54) is 17.1 Å². The smallest absolute Gasteiger partial charge is 0.284 e. The summed E-state index contributed by atoms with van der Waals surface area (Å²) in [5.74, 6) is 0. The second kappa shape index (κ2) is 5.55. The lowest BCUT2D eigenvalue weighted by Gasteiger charge is -2.46. The van der Waals surface area contributed by atoms with Crippen LogP contribution in [-0.2, 0) is 10.3 Å². The number of aromatic nitrogens is 1. The van der Waals surface area contributed by atoms with Crippen LogP contribution in [0, 0.1) is 5.41 Å². The van der Waals surface area contributed by atoms with Crippen molar-refractivity contribution >= 4 is 11.7 Å². The van der Waals surface area contributed by atoms with E-state index in [0.717, 1.165) is 25.9 Å². The first-order valence-electron chi connectivity index (χ1n) is 8.96. The lowest BCUT2D eigenvalue weighted by atomic mass is 9.82. The monoisotopic (exact) mass is 338 g/mol. The van der Waals surface area contributed by atoms with Gasteiger partial charge in [-0.05, 0) is 57.9 Å². The van der Waals surface area contributed by atoms with Crippen LogP contribution in [0.3, 0.4) is 0 Å². The van der Waals surface area contributed by atoms with Crippen molar-refractivity contribution in [3.8, 4) is 5.69 Å². The molecule has 2 N–H and O–H groups in total. The van der Waals surface area contributed by atoms with Crippen molar-refractivity contribution in [2.45, 2.75) is 44.8 Å². The largest absolute Gasteiger partial charge is 0.460 e. The summed E-state index contributed by atoms with van der Waals surface area (Å²) in [4.78, 5) is 2.05. The van der Waals surface area contributed by atoms with Crippen molar-refractivity contribution in [2.75, 3.05) is 18.4 Å². The summed E-state index contributed by atoms with van der Waals surface area (Å²) in [5.41, 5.74) is 3.30. The Morgan fingerprint density at radius 3 is 2.56 bits per heavy atom. The molecule has 1 aromatic carbocycles. The predicted octanol–water partition coefficient (Wildman–Crippen LogP) is 3.94. The second-order valence-corrected chi connectivity index (χ2v) is 7.99. The number of amidine groups is 1. The van der Waals surface area contributed by atoms with Crippen molar-refractivity contribution in [1.82, 2.24) is 9.47 Å². The normalized spacial score (nSPS) is 18.3. The highest BCUT2D eigenvalue weighted by Crippen LogP contribution is 2.43. The Bertz CT molecular complexity index is 794. The van der Waals surface area contributed by atoms with Gasteiger partial charge in [-0.15, -0.1) is 0 Å². The zero-order chi connectivity index (χ0) is 17.7. The first kappa shape index (κ1) is 16.1. The fraction of sp³-hybridized carbons (Fsp3) is 0.450. The summed E-state index contributed by atoms with van der Waals surface area (Å²) in [6, 6.07) is 13.1. The maximum atomic E-state index is 8.25. The second-order valence-electron chi connectivity index (χ2n) is 7.99. The minimum atomic E-state index is -0.330. The molecular formula is C20H26N4O. The summed E-state index contributed by atoms with van der Waals surface area (Å²) in [6.07, 6.45) is 4.04. The molecule has 1 fully saturated rings. The van der Waals surface area contributed by atoms with Crippen LogP contribution in [0.5, 0.6) is 0 Å². The highest BCUT2D eigenvalue weighted by molar-refractivity contribution is 5.71. The average Bonchev–Trinajstić information content (AvgIpc) is 3.05. The van der Waals surface area contributed by atoms with Crippen molar-refractivity contribution in [3.05, 3.63) is 48.3 Å². The van der Waals surface area contributed by atoms with E-state index >= 15 is 0 Å². The Morgan fingerprint density at radius 1 is 1.12 bits per heavy atom. The molecule has 132 valence electrons. The van der Waals surface area contributed by atoms with Crippen molar-refractivity contribution in [1.29, 1.82) is 5.41 Å². The van der Waals surface area contributed by atoms with Crippen LogP contribution in [-0.4, -0.2) is 34.2 Å². The molecule has 1 saturated heterocycles. The third kappa shape index (κ3) is 2.77. The van der Waals surface area contributed by atoms with Gasteiger partial charge in [0.15, 0.2) is 0 Å². The van der Waals surface area contributed by atoms with E-state index in [1.807, 2.05) is 25.7 Å². The predicted molar refractivity (Wildman–Crippen MR) is 100 cm³/mol. The number of fused-ring (bicyclic) bond motifs is 4. The van der Waals surface area contributed by atoms with Gasteiger partial charge in [0.25, 0.3) is 6.02 Å². The zero-order valence-corrected chi connectivity index (χ0v) is 15.2. The van der Waals surface area contributed by atoms with Crippen molar-refractivity contribution in [2.24, 2.45) is 0 Å². The molecule has 0 atom stereocenters. The van der Waals surface area contributed by atoms with Gasteiger partial charge in [0.05, 0.1) is 16.9 Å². The average molecular weight is 338 g/mol. The first-order chi connectivity index (χ1) is 11.9. The maximum Gasteiger partial charge on any atom is 0.284 e. The fourth-order valence-corrected chi connectivity index (χ4v) is 3.92. The summed E-state index contributed by atoms with van der Waals surface area (Å²) < 4.78 is 8.05. The van der Waals surface area contributed by atoms with Crippen LogP contribution < -0.4 is 5.32 Å². The number of hydrogen-bond acceptors (Lipinski definition) is 3. The Hall–Kier alpha value is -2.43. The number of anilines is 1. The molecule has 1 spiro atoms. The molecule has 0 radical (unpaired) electrons. The number of rotatable bonds is 0. The molecule has 5 heteroatoms. The SMILES string of the molecule is CC(C)(C)OC(=N)N1CCC2(CC1)Nc1ccccc1-n1cccc12. The van der Waals surface area contributed by atoms with Gasteiger partial charge in [-0.1, -0.05) is 12.1 Å². The van der Waals surface area contributed by atoms with Crippen LogP contribution >= 0.6 is 0 Å². The first-order valence-corrected chi connectivity index (χ1v) is 8.96. The Morgan fingerprint density at radius 2 is 1.84 bits per heavy atom. The maximum absolute atomic E-state index is 8.25. The van der Waals surface area contributed by atoms with Crippen molar-refractivity contribution < 1.29 is 4.74 Å². The van der Waals surface area contributed by atoms with Crippen LogP contribution in [0.1, 0.15) is 39.3 Å². The molecule has 3 heterocycles. The Kier molecular flexibility index (Phi) is 3.56. The summed E-state index contributed by atoms with van der Waals surface area (Å²) in [6.45, 7) is 7.59. The lowest BCUT2D eigenvalue weighted by molar-refractivity contribution is 0.0751. The molecule has 25 heavy (non-hydrogen) atoms. The molecule has 1 aromatic heterocycles. The molecule has 0 aliphatic carbocycles.